The second-order valence-electron chi connectivity index (χ2n) is 15.1. The summed E-state index contributed by atoms with van der Waals surface area (Å²) in [5.74, 6) is 0.856. The van der Waals surface area contributed by atoms with Crippen molar-refractivity contribution in [1.29, 1.82) is 0 Å². The normalized spacial score (nSPS) is 14.2. The van der Waals surface area contributed by atoms with Gasteiger partial charge in [0.1, 0.15) is 17.3 Å². The van der Waals surface area contributed by atoms with Crippen LogP contribution in [0, 0.1) is 6.33 Å². The molecule has 62 heavy (non-hydrogen) atoms. The fraction of sp³-hybridized carbons (Fsp3) is 0.0526. The first-order valence-electron chi connectivity index (χ1n) is 25.6. The highest BCUT2D eigenvalue weighted by Gasteiger charge is 2.21. The standard InChI is InChI=1S/C57H42N4O/c1-39(2)43-32-33-58-56(35-43)61-52-27-13-12-24-50(52)51-30-29-47(37-54(51)61)62-46-23-14-22-45(36-46)59-38-60(55-34-44(28-31-53(55)59)40-16-6-3-7-17-40)57-48(41-18-8-4-9-19-41)25-15-26-49(57)42-20-10-5-11-21-42/h3-37,39H,1-2H3/i4D,5D,8D,9D,10D,11D,18D,19D,20D,21D,39D. The van der Waals surface area contributed by atoms with E-state index in [1.807, 2.05) is 135 Å². The lowest BCUT2D eigenvalue weighted by atomic mass is 9.95. The van der Waals surface area contributed by atoms with Crippen LogP contribution in [0.2, 0.25) is 0 Å². The number of imidazole rings is 1. The molecule has 3 heterocycles. The molecule has 5 nitrogen and oxygen atoms in total. The molecule has 0 amide bonds. The van der Waals surface area contributed by atoms with E-state index < -0.39 is 66.3 Å². The minimum atomic E-state index is -0.845. The Balaban J connectivity index is 1.13. The van der Waals surface area contributed by atoms with E-state index in [1.165, 1.54) is 0 Å². The van der Waals surface area contributed by atoms with Crippen LogP contribution in [0.1, 0.15) is 40.4 Å². The van der Waals surface area contributed by atoms with Gasteiger partial charge in [-0.2, -0.15) is 0 Å². The van der Waals surface area contributed by atoms with Crippen molar-refractivity contribution in [2.24, 2.45) is 0 Å². The number of rotatable bonds is 9. The molecule has 0 radical (unpaired) electrons. The van der Waals surface area contributed by atoms with Crippen LogP contribution in [0.3, 0.4) is 0 Å². The molecule has 8 aromatic carbocycles. The molecule has 0 bridgehead atoms. The largest absolute Gasteiger partial charge is 0.458 e. The molecule has 296 valence electrons. The van der Waals surface area contributed by atoms with Crippen LogP contribution in [0.15, 0.2) is 212 Å². The number of ether oxygens (including phenoxy) is 1. The zero-order valence-corrected chi connectivity index (χ0v) is 33.6. The average Bonchev–Trinajstić information content (AvgIpc) is 3.94. The number of hydrogen-bond donors (Lipinski definition) is 0. The Kier molecular flexibility index (Phi) is 6.75. The second kappa shape index (κ2) is 15.5. The average molecular weight is 810 g/mol. The number of pyridine rings is 1. The van der Waals surface area contributed by atoms with Gasteiger partial charge < -0.3 is 4.74 Å². The highest BCUT2D eigenvalue weighted by Crippen LogP contribution is 2.38. The monoisotopic (exact) mass is 809 g/mol. The van der Waals surface area contributed by atoms with Crippen LogP contribution in [-0.2, 0) is 0 Å². The van der Waals surface area contributed by atoms with Crippen LogP contribution in [0.5, 0.6) is 11.5 Å². The number of nitrogens with zero attached hydrogens (tertiary/aromatic N) is 4. The Morgan fingerprint density at radius 1 is 0.581 bits per heavy atom. The summed E-state index contributed by atoms with van der Waals surface area (Å²) in [4.78, 5) is 4.76. The van der Waals surface area contributed by atoms with Gasteiger partial charge >= 0.3 is 0 Å². The van der Waals surface area contributed by atoms with Crippen molar-refractivity contribution in [3.05, 3.63) is 224 Å². The summed E-state index contributed by atoms with van der Waals surface area (Å²) < 4.78 is 109. The molecule has 0 atom stereocenters. The van der Waals surface area contributed by atoms with Gasteiger partial charge in [-0.15, -0.1) is 0 Å². The Morgan fingerprint density at radius 3 is 2.03 bits per heavy atom. The molecule has 0 saturated heterocycles. The van der Waals surface area contributed by atoms with Crippen molar-refractivity contribution in [2.75, 3.05) is 0 Å². The summed E-state index contributed by atoms with van der Waals surface area (Å²) in [5, 5.41) is 2.03. The maximum atomic E-state index is 9.13. The number of benzene rings is 8. The lowest BCUT2D eigenvalue weighted by molar-refractivity contribution is -0.571. The van der Waals surface area contributed by atoms with Crippen molar-refractivity contribution in [3.63, 3.8) is 0 Å². The van der Waals surface area contributed by atoms with E-state index in [4.69, 9.17) is 24.8 Å². The summed E-state index contributed by atoms with van der Waals surface area (Å²) in [6, 6.07) is 40.2. The Morgan fingerprint density at radius 2 is 1.27 bits per heavy atom. The molecular weight excluding hydrogens is 757 g/mol. The van der Waals surface area contributed by atoms with E-state index in [0.717, 1.165) is 38.5 Å². The van der Waals surface area contributed by atoms with Crippen molar-refractivity contribution >= 4 is 32.8 Å². The minimum Gasteiger partial charge on any atom is -0.458 e. The molecule has 5 heteroatoms. The number of fused-ring (bicyclic) bond motifs is 4. The maximum Gasteiger partial charge on any atom is 0.269 e. The zero-order valence-electron chi connectivity index (χ0n) is 44.6. The molecule has 0 aliphatic heterocycles. The zero-order chi connectivity index (χ0) is 51.2. The van der Waals surface area contributed by atoms with Crippen LogP contribution in [-0.4, -0.2) is 14.1 Å². The molecule has 0 unspecified atom stereocenters. The van der Waals surface area contributed by atoms with Crippen LogP contribution in [0.4, 0.5) is 0 Å². The van der Waals surface area contributed by atoms with E-state index in [2.05, 4.69) is 17.0 Å². The molecule has 3 aromatic heterocycles. The predicted molar refractivity (Wildman–Crippen MR) is 253 cm³/mol. The molecule has 0 fully saturated rings. The van der Waals surface area contributed by atoms with Gasteiger partial charge in [0.05, 0.1) is 47.1 Å². The summed E-state index contributed by atoms with van der Waals surface area (Å²) in [5.41, 5.74) is 6.24. The molecule has 0 saturated carbocycles. The third-order valence-corrected chi connectivity index (χ3v) is 11.1. The van der Waals surface area contributed by atoms with Gasteiger partial charge in [0.15, 0.2) is 0 Å². The van der Waals surface area contributed by atoms with Gasteiger partial charge in [-0.1, -0.05) is 159 Å². The molecule has 0 aliphatic carbocycles. The highest BCUT2D eigenvalue weighted by molar-refractivity contribution is 6.09. The Bertz CT molecular complexity index is 3920. The van der Waals surface area contributed by atoms with Crippen molar-refractivity contribution < 1.29 is 24.4 Å². The third-order valence-electron chi connectivity index (χ3n) is 11.1. The van der Waals surface area contributed by atoms with E-state index in [0.29, 0.717) is 34.0 Å². The number of para-hydroxylation sites is 2. The molecular formula is C57H42N4O. The van der Waals surface area contributed by atoms with Gasteiger partial charge in [-0.3, -0.25) is 13.7 Å². The van der Waals surface area contributed by atoms with E-state index >= 15 is 0 Å². The molecule has 0 aliphatic rings. The lowest BCUT2D eigenvalue weighted by Crippen LogP contribution is -2.31. The molecule has 11 rings (SSSR count). The first-order chi connectivity index (χ1) is 35.0. The Hall–Kier alpha value is -8.02. The number of hydrogen-bond acceptors (Lipinski definition) is 2. The second-order valence-corrected chi connectivity index (χ2v) is 15.1. The maximum absolute atomic E-state index is 9.13. The van der Waals surface area contributed by atoms with Crippen molar-refractivity contribution in [1.82, 2.24) is 14.1 Å². The van der Waals surface area contributed by atoms with Gasteiger partial charge in [0, 0.05) is 24.4 Å². The summed E-state index contributed by atoms with van der Waals surface area (Å²) >= 11 is 0. The first kappa shape index (κ1) is 27.0. The van der Waals surface area contributed by atoms with Crippen LogP contribution < -0.4 is 9.30 Å². The number of aromatic nitrogens is 4. The topological polar surface area (TPSA) is 35.9 Å². The quantitative estimate of drug-likeness (QED) is 0.108. The van der Waals surface area contributed by atoms with E-state index in [-0.39, 0.29) is 27.9 Å². The Labute approximate surface area is 376 Å². The summed E-state index contributed by atoms with van der Waals surface area (Å²) in [7, 11) is 0. The summed E-state index contributed by atoms with van der Waals surface area (Å²) in [6.07, 6.45) is 5.23. The fourth-order valence-electron chi connectivity index (χ4n) is 8.17. The fourth-order valence-corrected chi connectivity index (χ4v) is 8.17. The van der Waals surface area contributed by atoms with Crippen LogP contribution >= 0.6 is 0 Å². The van der Waals surface area contributed by atoms with Gasteiger partial charge in [0.25, 0.3) is 6.33 Å². The van der Waals surface area contributed by atoms with E-state index in [9.17, 15) is 0 Å². The predicted octanol–water partition coefficient (Wildman–Crippen LogP) is 14.1. The van der Waals surface area contributed by atoms with Crippen molar-refractivity contribution in [3.8, 4) is 62.1 Å². The highest BCUT2D eigenvalue weighted by atomic mass is 16.5. The van der Waals surface area contributed by atoms with E-state index in [1.54, 1.807) is 33.5 Å². The van der Waals surface area contributed by atoms with Gasteiger partial charge in [0.2, 0.25) is 0 Å². The van der Waals surface area contributed by atoms with Gasteiger partial charge in [-0.05, 0) is 99.4 Å². The van der Waals surface area contributed by atoms with Gasteiger partial charge in [-0.25, -0.2) is 4.98 Å². The third kappa shape index (κ3) is 6.61. The minimum absolute atomic E-state index is 0.141. The lowest BCUT2D eigenvalue weighted by Gasteiger charge is -2.17. The summed E-state index contributed by atoms with van der Waals surface area (Å²) in [6.45, 7) is 3.69. The van der Waals surface area contributed by atoms with Crippen LogP contribution in [0.25, 0.3) is 83.4 Å². The smallest absolute Gasteiger partial charge is 0.269 e. The molecule has 0 N–H and O–H groups in total. The molecule has 0 spiro atoms. The van der Waals surface area contributed by atoms with Crippen molar-refractivity contribution in [2.45, 2.75) is 19.7 Å². The first-order valence-corrected chi connectivity index (χ1v) is 20.1. The molecule has 11 aromatic rings. The SMILES string of the molecule is [2H]c1c([2H])c([2H])c(-c2cccc(-c3c([2H])c([2H])c([2H])c([2H])c3[2H])c2-[n+]2[c-]n(-c3cccc(Oc4ccc5c6ccccc6n(-c6cc(C([2H])(C)C)ccn6)c5c4)c3)c3ccc(-c4ccccc4)cc32)c([2H])c1[2H].